The Morgan fingerprint density at radius 1 is 1.43 bits per heavy atom. The molecule has 0 fully saturated rings. The van der Waals surface area contributed by atoms with Crippen LogP contribution in [0.5, 0.6) is 5.75 Å². The van der Waals surface area contributed by atoms with Gasteiger partial charge in [0, 0.05) is 22.5 Å². The molecule has 1 atom stereocenters. The smallest absolute Gasteiger partial charge is 0.217 e. The van der Waals surface area contributed by atoms with Gasteiger partial charge in [-0.2, -0.15) is 0 Å². The average Bonchev–Trinajstić information content (AvgIpc) is 2.30. The highest BCUT2D eigenvalue weighted by Crippen LogP contribution is 2.40. The molecule has 0 aliphatic carbocycles. The van der Waals surface area contributed by atoms with Crippen molar-refractivity contribution in [3.63, 3.8) is 0 Å². The van der Waals surface area contributed by atoms with Gasteiger partial charge in [0.2, 0.25) is 5.91 Å². The molecule has 4 nitrogen and oxygen atoms in total. The van der Waals surface area contributed by atoms with Gasteiger partial charge in [-0.1, -0.05) is 29.8 Å². The standard InChI is InChI=1S/C16H25BrN2O2/c1-9-6-11(17)10(2)14(15(9)21-5)12(18)7-16(3,4)8-13(19)20/h6,12H,7-8,18H2,1-5H3,(H2,19,20). The number of halogens is 1. The number of amides is 1. The SMILES string of the molecule is COc1c(C)cc(Br)c(C)c1C(N)CC(C)(C)CC(N)=O. The first-order valence-electron chi connectivity index (χ1n) is 6.96. The number of hydrogen-bond donors (Lipinski definition) is 2. The highest BCUT2D eigenvalue weighted by atomic mass is 79.9. The Labute approximate surface area is 135 Å². The van der Waals surface area contributed by atoms with Gasteiger partial charge in [-0.15, -0.1) is 0 Å². The number of primary amides is 1. The van der Waals surface area contributed by atoms with E-state index in [9.17, 15) is 4.79 Å². The van der Waals surface area contributed by atoms with Gasteiger partial charge >= 0.3 is 0 Å². The van der Waals surface area contributed by atoms with E-state index in [0.29, 0.717) is 12.8 Å². The van der Waals surface area contributed by atoms with Crippen molar-refractivity contribution in [2.45, 2.75) is 46.6 Å². The normalized spacial score (nSPS) is 13.1. The van der Waals surface area contributed by atoms with Crippen LogP contribution in [0, 0.1) is 19.3 Å². The lowest BCUT2D eigenvalue weighted by Gasteiger charge is -2.29. The molecule has 0 aliphatic heterocycles. The Kier molecular flexibility index (Phi) is 5.82. The molecule has 1 aromatic rings. The van der Waals surface area contributed by atoms with Gasteiger partial charge in [-0.05, 0) is 42.9 Å². The van der Waals surface area contributed by atoms with Crippen LogP contribution in [0.3, 0.4) is 0 Å². The van der Waals surface area contributed by atoms with Gasteiger partial charge in [0.25, 0.3) is 0 Å². The summed E-state index contributed by atoms with van der Waals surface area (Å²) in [6, 6.07) is 1.81. The molecular formula is C16H25BrN2O2. The fourth-order valence-electron chi connectivity index (χ4n) is 2.83. The van der Waals surface area contributed by atoms with E-state index in [4.69, 9.17) is 16.2 Å². The topological polar surface area (TPSA) is 78.3 Å². The fraction of sp³-hybridized carbons (Fsp3) is 0.562. The summed E-state index contributed by atoms with van der Waals surface area (Å²) in [6.45, 7) is 8.02. The maximum absolute atomic E-state index is 11.2. The van der Waals surface area contributed by atoms with Crippen molar-refractivity contribution in [2.75, 3.05) is 7.11 Å². The molecule has 118 valence electrons. The largest absolute Gasteiger partial charge is 0.496 e. The minimum atomic E-state index is -0.304. The zero-order valence-electron chi connectivity index (χ0n) is 13.4. The van der Waals surface area contributed by atoms with Crippen molar-refractivity contribution in [3.05, 3.63) is 27.2 Å². The Morgan fingerprint density at radius 3 is 2.48 bits per heavy atom. The predicted octanol–water partition coefficient (Wildman–Crippen LogP) is 3.37. The number of carbonyl (C=O) groups excluding carboxylic acids is 1. The molecule has 0 saturated heterocycles. The number of methoxy groups -OCH3 is 1. The maximum Gasteiger partial charge on any atom is 0.217 e. The zero-order chi connectivity index (χ0) is 16.4. The number of nitrogens with two attached hydrogens (primary N) is 2. The van der Waals surface area contributed by atoms with Crippen molar-refractivity contribution >= 4 is 21.8 Å². The van der Waals surface area contributed by atoms with Gasteiger partial charge in [0.1, 0.15) is 5.75 Å². The second-order valence-corrected chi connectivity index (χ2v) is 7.22. The summed E-state index contributed by atoms with van der Waals surface area (Å²) in [4.78, 5) is 11.2. The molecule has 4 N–H and O–H groups in total. The molecule has 21 heavy (non-hydrogen) atoms. The van der Waals surface area contributed by atoms with E-state index in [-0.39, 0.29) is 17.4 Å². The molecule has 0 spiro atoms. The average molecular weight is 357 g/mol. The van der Waals surface area contributed by atoms with Crippen LogP contribution in [-0.4, -0.2) is 13.0 Å². The number of ether oxygens (including phenoxy) is 1. The Hall–Kier alpha value is -1.07. The van der Waals surface area contributed by atoms with Crippen LogP contribution in [0.15, 0.2) is 10.5 Å². The van der Waals surface area contributed by atoms with Crippen molar-refractivity contribution in [1.29, 1.82) is 0 Å². The second-order valence-electron chi connectivity index (χ2n) is 6.37. The minimum Gasteiger partial charge on any atom is -0.496 e. The third-order valence-electron chi connectivity index (χ3n) is 3.71. The van der Waals surface area contributed by atoms with Crippen molar-refractivity contribution in [3.8, 4) is 5.75 Å². The summed E-state index contributed by atoms with van der Waals surface area (Å²) < 4.78 is 6.55. The molecule has 0 radical (unpaired) electrons. The first-order valence-corrected chi connectivity index (χ1v) is 7.76. The molecule has 5 heteroatoms. The number of hydrogen-bond acceptors (Lipinski definition) is 3. The lowest BCUT2D eigenvalue weighted by Crippen LogP contribution is -2.27. The highest BCUT2D eigenvalue weighted by Gasteiger charge is 2.27. The van der Waals surface area contributed by atoms with Crippen LogP contribution in [0.1, 0.15) is 49.4 Å². The zero-order valence-corrected chi connectivity index (χ0v) is 15.0. The van der Waals surface area contributed by atoms with Gasteiger partial charge < -0.3 is 16.2 Å². The van der Waals surface area contributed by atoms with E-state index in [1.165, 1.54) is 0 Å². The highest BCUT2D eigenvalue weighted by molar-refractivity contribution is 9.10. The van der Waals surface area contributed by atoms with E-state index in [2.05, 4.69) is 15.9 Å². The van der Waals surface area contributed by atoms with Crippen LogP contribution in [-0.2, 0) is 4.79 Å². The minimum absolute atomic E-state index is 0.217. The maximum atomic E-state index is 11.2. The summed E-state index contributed by atoms with van der Waals surface area (Å²) >= 11 is 3.56. The summed E-state index contributed by atoms with van der Waals surface area (Å²) in [5.41, 5.74) is 14.6. The fourth-order valence-corrected chi connectivity index (χ4v) is 3.39. The molecule has 0 bridgehead atoms. The third-order valence-corrected chi connectivity index (χ3v) is 4.53. The van der Waals surface area contributed by atoms with Crippen LogP contribution in [0.25, 0.3) is 0 Å². The van der Waals surface area contributed by atoms with E-state index >= 15 is 0 Å². The van der Waals surface area contributed by atoms with E-state index < -0.39 is 0 Å². The van der Waals surface area contributed by atoms with Crippen molar-refractivity contribution in [1.82, 2.24) is 0 Å². The third kappa shape index (κ3) is 4.45. The Balaban J connectivity index is 3.18. The predicted molar refractivity (Wildman–Crippen MR) is 89.3 cm³/mol. The van der Waals surface area contributed by atoms with Gasteiger partial charge in [0.05, 0.1) is 7.11 Å². The molecule has 1 amide bonds. The van der Waals surface area contributed by atoms with Crippen LogP contribution < -0.4 is 16.2 Å². The molecule has 0 aromatic heterocycles. The molecule has 1 unspecified atom stereocenters. The van der Waals surface area contributed by atoms with Crippen molar-refractivity contribution in [2.24, 2.45) is 16.9 Å². The van der Waals surface area contributed by atoms with E-state index in [1.54, 1.807) is 7.11 Å². The van der Waals surface area contributed by atoms with Crippen LogP contribution in [0.2, 0.25) is 0 Å². The number of rotatable bonds is 6. The van der Waals surface area contributed by atoms with E-state index in [1.807, 2.05) is 33.8 Å². The van der Waals surface area contributed by atoms with Gasteiger partial charge in [-0.3, -0.25) is 4.79 Å². The summed E-state index contributed by atoms with van der Waals surface area (Å²) in [5.74, 6) is 0.513. The van der Waals surface area contributed by atoms with Gasteiger partial charge in [0.15, 0.2) is 0 Å². The summed E-state index contributed by atoms with van der Waals surface area (Å²) in [5, 5.41) is 0. The summed E-state index contributed by atoms with van der Waals surface area (Å²) in [6.07, 6.45) is 0.970. The number of benzene rings is 1. The Bertz CT molecular complexity index is 542. The molecule has 0 heterocycles. The molecular weight excluding hydrogens is 332 g/mol. The van der Waals surface area contributed by atoms with E-state index in [0.717, 1.165) is 26.9 Å². The summed E-state index contributed by atoms with van der Waals surface area (Å²) in [7, 11) is 1.65. The lowest BCUT2D eigenvalue weighted by molar-refractivity contribution is -0.120. The molecule has 0 saturated carbocycles. The first kappa shape index (κ1) is 18.0. The van der Waals surface area contributed by atoms with Crippen LogP contribution >= 0.6 is 15.9 Å². The number of carbonyl (C=O) groups is 1. The molecule has 1 rings (SSSR count). The second kappa shape index (κ2) is 6.79. The molecule has 1 aromatic carbocycles. The van der Waals surface area contributed by atoms with Crippen molar-refractivity contribution < 1.29 is 9.53 Å². The first-order chi connectivity index (χ1) is 9.59. The van der Waals surface area contributed by atoms with Gasteiger partial charge in [-0.25, -0.2) is 0 Å². The monoisotopic (exact) mass is 356 g/mol. The van der Waals surface area contributed by atoms with Crippen LogP contribution in [0.4, 0.5) is 0 Å². The quantitative estimate of drug-likeness (QED) is 0.819. The molecule has 0 aliphatic rings. The lowest BCUT2D eigenvalue weighted by atomic mass is 9.79. The Morgan fingerprint density at radius 2 is 2.00 bits per heavy atom. The number of aryl methyl sites for hydroxylation is 1.